The average molecular weight is 374 g/mol. The summed E-state index contributed by atoms with van der Waals surface area (Å²) in [6.45, 7) is 1.03. The van der Waals surface area contributed by atoms with Crippen LogP contribution in [0.3, 0.4) is 0 Å². The molecule has 1 saturated heterocycles. The van der Waals surface area contributed by atoms with Gasteiger partial charge in [-0.2, -0.15) is 5.26 Å². The number of halogens is 2. The van der Waals surface area contributed by atoms with E-state index in [1.165, 1.54) is 0 Å². The SMILES string of the molecule is N#CC1(c2ccccc2)CCN(C(=O)Nc2ccc(Cl)cc2Cl)CC1. The molecule has 1 aliphatic rings. The number of carbonyl (C=O) groups is 1. The predicted octanol–water partition coefficient (Wildman–Crippen LogP) is 5.08. The lowest BCUT2D eigenvalue weighted by atomic mass is 9.74. The van der Waals surface area contributed by atoms with Crippen LogP contribution in [-0.4, -0.2) is 24.0 Å². The quantitative estimate of drug-likeness (QED) is 0.797. The van der Waals surface area contributed by atoms with E-state index in [0.717, 1.165) is 5.56 Å². The number of urea groups is 1. The smallest absolute Gasteiger partial charge is 0.321 e. The molecule has 2 aromatic carbocycles. The van der Waals surface area contributed by atoms with E-state index in [2.05, 4.69) is 11.4 Å². The molecule has 0 spiro atoms. The number of benzene rings is 2. The maximum atomic E-state index is 12.5. The minimum absolute atomic E-state index is 0.219. The summed E-state index contributed by atoms with van der Waals surface area (Å²) in [7, 11) is 0. The minimum Gasteiger partial charge on any atom is -0.324 e. The highest BCUT2D eigenvalue weighted by molar-refractivity contribution is 6.36. The van der Waals surface area contributed by atoms with E-state index in [4.69, 9.17) is 23.2 Å². The molecule has 128 valence electrons. The summed E-state index contributed by atoms with van der Waals surface area (Å²) in [5.74, 6) is 0. The molecular formula is C19H17Cl2N3O. The summed E-state index contributed by atoms with van der Waals surface area (Å²) >= 11 is 12.0. The van der Waals surface area contributed by atoms with Gasteiger partial charge in [0.15, 0.2) is 0 Å². The van der Waals surface area contributed by atoms with Gasteiger partial charge in [-0.05, 0) is 36.6 Å². The summed E-state index contributed by atoms with van der Waals surface area (Å²) in [4.78, 5) is 14.2. The van der Waals surface area contributed by atoms with Crippen LogP contribution in [0.25, 0.3) is 0 Å². The predicted molar refractivity (Wildman–Crippen MR) is 100 cm³/mol. The van der Waals surface area contributed by atoms with Crippen molar-refractivity contribution in [3.8, 4) is 6.07 Å². The van der Waals surface area contributed by atoms with Crippen molar-refractivity contribution >= 4 is 34.9 Å². The number of hydrogen-bond donors (Lipinski definition) is 1. The van der Waals surface area contributed by atoms with Crippen LogP contribution in [-0.2, 0) is 5.41 Å². The van der Waals surface area contributed by atoms with Gasteiger partial charge in [0.05, 0.1) is 22.2 Å². The van der Waals surface area contributed by atoms with Crippen molar-refractivity contribution in [2.45, 2.75) is 18.3 Å². The van der Waals surface area contributed by atoms with Crippen LogP contribution in [0.1, 0.15) is 18.4 Å². The second kappa shape index (κ2) is 7.35. The summed E-state index contributed by atoms with van der Waals surface area (Å²) in [6, 6.07) is 17.0. The Morgan fingerprint density at radius 3 is 2.40 bits per heavy atom. The molecule has 1 aliphatic heterocycles. The van der Waals surface area contributed by atoms with Crippen molar-refractivity contribution < 1.29 is 4.79 Å². The van der Waals surface area contributed by atoms with Crippen molar-refractivity contribution in [3.63, 3.8) is 0 Å². The van der Waals surface area contributed by atoms with Gasteiger partial charge >= 0.3 is 6.03 Å². The van der Waals surface area contributed by atoms with Gasteiger partial charge in [0.25, 0.3) is 0 Å². The fourth-order valence-corrected chi connectivity index (χ4v) is 3.55. The fraction of sp³-hybridized carbons (Fsp3) is 0.263. The molecule has 0 aliphatic carbocycles. The average Bonchev–Trinajstić information content (AvgIpc) is 2.65. The second-order valence-corrected chi connectivity index (χ2v) is 6.94. The van der Waals surface area contributed by atoms with E-state index in [9.17, 15) is 10.1 Å². The van der Waals surface area contributed by atoms with E-state index in [1.54, 1.807) is 23.1 Å². The Bertz CT molecular complexity index is 809. The van der Waals surface area contributed by atoms with Crippen molar-refractivity contribution in [1.82, 2.24) is 4.90 Å². The first-order valence-corrected chi connectivity index (χ1v) is 8.77. The number of anilines is 1. The van der Waals surface area contributed by atoms with Gasteiger partial charge < -0.3 is 10.2 Å². The molecule has 1 heterocycles. The maximum Gasteiger partial charge on any atom is 0.321 e. The first-order valence-electron chi connectivity index (χ1n) is 8.02. The number of rotatable bonds is 2. The molecule has 4 nitrogen and oxygen atoms in total. The standard InChI is InChI=1S/C19H17Cl2N3O/c20-15-6-7-17(16(21)12-15)23-18(25)24-10-8-19(13-22,9-11-24)14-4-2-1-3-5-14/h1-7,12H,8-11H2,(H,23,25). The Morgan fingerprint density at radius 1 is 1.12 bits per heavy atom. The first kappa shape index (κ1) is 17.6. The van der Waals surface area contributed by atoms with Gasteiger partial charge in [-0.15, -0.1) is 0 Å². The molecule has 3 rings (SSSR count). The summed E-state index contributed by atoms with van der Waals surface area (Å²) in [5.41, 5.74) is 1.00. The molecule has 2 amide bonds. The van der Waals surface area contributed by atoms with Crippen molar-refractivity contribution in [2.24, 2.45) is 0 Å². The third kappa shape index (κ3) is 3.73. The molecule has 0 unspecified atom stereocenters. The van der Waals surface area contributed by atoms with Crippen molar-refractivity contribution in [1.29, 1.82) is 5.26 Å². The lowest BCUT2D eigenvalue weighted by Gasteiger charge is -2.37. The number of piperidine rings is 1. The third-order valence-corrected chi connectivity index (χ3v) is 5.17. The molecule has 0 atom stereocenters. The topological polar surface area (TPSA) is 56.1 Å². The van der Waals surface area contributed by atoms with Gasteiger partial charge in [0.2, 0.25) is 0 Å². The lowest BCUT2D eigenvalue weighted by Crippen LogP contribution is -2.46. The zero-order chi connectivity index (χ0) is 17.9. The third-order valence-electron chi connectivity index (χ3n) is 4.62. The highest BCUT2D eigenvalue weighted by atomic mass is 35.5. The molecule has 25 heavy (non-hydrogen) atoms. The van der Waals surface area contributed by atoms with Crippen LogP contribution < -0.4 is 5.32 Å². The normalized spacial score (nSPS) is 16.1. The molecule has 1 N–H and O–H groups in total. The molecule has 2 aromatic rings. The molecule has 6 heteroatoms. The van der Waals surface area contributed by atoms with Gasteiger partial charge in [-0.25, -0.2) is 4.79 Å². The van der Waals surface area contributed by atoms with Crippen LogP contribution in [0.5, 0.6) is 0 Å². The number of carbonyl (C=O) groups excluding carboxylic acids is 1. The van der Waals surface area contributed by atoms with E-state index in [-0.39, 0.29) is 6.03 Å². The highest BCUT2D eigenvalue weighted by Crippen LogP contribution is 2.35. The molecule has 0 aromatic heterocycles. The Morgan fingerprint density at radius 2 is 1.80 bits per heavy atom. The van der Waals surface area contributed by atoms with Crippen LogP contribution >= 0.6 is 23.2 Å². The van der Waals surface area contributed by atoms with E-state index < -0.39 is 5.41 Å². The van der Waals surface area contributed by atoms with Gasteiger partial charge in [-0.3, -0.25) is 0 Å². The zero-order valence-electron chi connectivity index (χ0n) is 13.5. The Labute approximate surface area is 157 Å². The van der Waals surface area contributed by atoms with E-state index in [1.807, 2.05) is 30.3 Å². The van der Waals surface area contributed by atoms with Crippen LogP contribution in [0.2, 0.25) is 10.0 Å². The number of nitriles is 1. The molecule has 1 fully saturated rings. The Kier molecular flexibility index (Phi) is 5.17. The van der Waals surface area contributed by atoms with Crippen LogP contribution in [0.15, 0.2) is 48.5 Å². The van der Waals surface area contributed by atoms with Crippen LogP contribution in [0.4, 0.5) is 10.5 Å². The van der Waals surface area contributed by atoms with E-state index in [0.29, 0.717) is 41.7 Å². The van der Waals surface area contributed by atoms with Crippen molar-refractivity contribution in [2.75, 3.05) is 18.4 Å². The van der Waals surface area contributed by atoms with Gasteiger partial charge in [-0.1, -0.05) is 53.5 Å². The highest BCUT2D eigenvalue weighted by Gasteiger charge is 2.37. The Hall–Kier alpha value is -2.22. The minimum atomic E-state index is -0.532. The molecule has 0 bridgehead atoms. The lowest BCUT2D eigenvalue weighted by molar-refractivity contribution is 0.183. The first-order chi connectivity index (χ1) is 12.0. The van der Waals surface area contributed by atoms with Gasteiger partial charge in [0.1, 0.15) is 0 Å². The summed E-state index contributed by atoms with van der Waals surface area (Å²) in [6.07, 6.45) is 1.21. The second-order valence-electron chi connectivity index (χ2n) is 6.10. The molecule has 0 saturated carbocycles. The number of hydrogen-bond acceptors (Lipinski definition) is 2. The number of amides is 2. The Balaban J connectivity index is 1.67. The van der Waals surface area contributed by atoms with Gasteiger partial charge in [0, 0.05) is 18.1 Å². The summed E-state index contributed by atoms with van der Waals surface area (Å²) < 4.78 is 0. The van der Waals surface area contributed by atoms with E-state index >= 15 is 0 Å². The monoisotopic (exact) mass is 373 g/mol. The largest absolute Gasteiger partial charge is 0.324 e. The molecule has 0 radical (unpaired) electrons. The van der Waals surface area contributed by atoms with Crippen molar-refractivity contribution in [3.05, 3.63) is 64.1 Å². The maximum absolute atomic E-state index is 12.5. The van der Waals surface area contributed by atoms with Crippen LogP contribution in [0, 0.1) is 11.3 Å². The number of likely N-dealkylation sites (tertiary alicyclic amines) is 1. The summed E-state index contributed by atoms with van der Waals surface area (Å²) in [5, 5.41) is 13.4. The number of nitrogens with one attached hydrogen (secondary N) is 1. The number of nitrogens with zero attached hydrogens (tertiary/aromatic N) is 2. The molecular weight excluding hydrogens is 357 g/mol. The fourth-order valence-electron chi connectivity index (χ4n) is 3.10. The zero-order valence-corrected chi connectivity index (χ0v) is 15.0.